The van der Waals surface area contributed by atoms with Crippen molar-refractivity contribution in [2.75, 3.05) is 33.8 Å². The Labute approximate surface area is 198 Å². The molecule has 2 heterocycles. The fourth-order valence-corrected chi connectivity index (χ4v) is 4.33. The van der Waals surface area contributed by atoms with Gasteiger partial charge in [-0.3, -0.25) is 4.79 Å². The molecule has 0 spiro atoms. The Morgan fingerprint density at radius 3 is 2.65 bits per heavy atom. The third-order valence-electron chi connectivity index (χ3n) is 5.84. The number of fused-ring (bicyclic) bond motifs is 1. The van der Waals surface area contributed by atoms with E-state index in [2.05, 4.69) is 5.32 Å². The molecule has 0 radical (unpaired) electrons. The first-order chi connectivity index (χ1) is 16.4. The van der Waals surface area contributed by atoms with Crippen molar-refractivity contribution in [3.63, 3.8) is 0 Å². The molecule has 34 heavy (non-hydrogen) atoms. The second kappa shape index (κ2) is 10.7. The van der Waals surface area contributed by atoms with Crippen molar-refractivity contribution < 1.29 is 38.3 Å². The molecule has 2 N–H and O–H groups in total. The number of nitrogens with one attached hydrogen (secondary N) is 1. The SMILES string of the molecule is COCO[C@H]([C@@H]1OC(C)(C)O[C@H]1CO)[C@H](CNC(=O)c1ccccc1)c1ccc2c(c1)OCO2. The molecular weight excluding hydrogens is 442 g/mol. The lowest BCUT2D eigenvalue weighted by Gasteiger charge is -2.33. The van der Waals surface area contributed by atoms with E-state index in [0.717, 1.165) is 5.56 Å². The highest BCUT2D eigenvalue weighted by molar-refractivity contribution is 5.94. The molecule has 0 unspecified atom stereocenters. The van der Waals surface area contributed by atoms with Gasteiger partial charge in [-0.05, 0) is 43.7 Å². The molecule has 0 aromatic heterocycles. The van der Waals surface area contributed by atoms with Crippen molar-refractivity contribution >= 4 is 5.91 Å². The van der Waals surface area contributed by atoms with E-state index in [1.807, 2.05) is 36.4 Å². The Morgan fingerprint density at radius 1 is 1.15 bits per heavy atom. The average Bonchev–Trinajstić information content (AvgIpc) is 3.44. The minimum atomic E-state index is -0.903. The van der Waals surface area contributed by atoms with E-state index in [1.54, 1.807) is 26.0 Å². The van der Waals surface area contributed by atoms with Gasteiger partial charge in [-0.1, -0.05) is 24.3 Å². The third kappa shape index (κ3) is 5.51. The Bertz CT molecular complexity index is 967. The highest BCUT2D eigenvalue weighted by Crippen LogP contribution is 2.39. The summed E-state index contributed by atoms with van der Waals surface area (Å²) in [6.07, 6.45) is -1.84. The first kappa shape index (κ1) is 24.4. The minimum Gasteiger partial charge on any atom is -0.454 e. The Hall–Kier alpha value is -2.69. The molecule has 9 heteroatoms. The molecule has 4 atom stereocenters. The van der Waals surface area contributed by atoms with Crippen LogP contribution in [0.3, 0.4) is 0 Å². The molecule has 0 saturated carbocycles. The van der Waals surface area contributed by atoms with Gasteiger partial charge in [-0.25, -0.2) is 0 Å². The minimum absolute atomic E-state index is 0.00319. The standard InChI is InChI=1S/C25H31NO8/c1-25(2)33-21(13-27)23(34-25)22(32-14-29-3)18(12-26-24(28)16-7-5-4-6-8-16)17-9-10-19-20(11-17)31-15-30-19/h4-11,18,21-23,27H,12-15H2,1-3H3,(H,26,28)/t18-,21+,22+,23-/m1/s1. The monoisotopic (exact) mass is 473 g/mol. The van der Waals surface area contributed by atoms with Gasteiger partial charge in [0.2, 0.25) is 6.79 Å². The summed E-state index contributed by atoms with van der Waals surface area (Å²) in [6, 6.07) is 14.6. The fraction of sp³-hybridized carbons (Fsp3) is 0.480. The van der Waals surface area contributed by atoms with Crippen molar-refractivity contribution in [3.8, 4) is 11.5 Å². The van der Waals surface area contributed by atoms with Crippen LogP contribution in [0.2, 0.25) is 0 Å². The summed E-state index contributed by atoms with van der Waals surface area (Å²) in [5.41, 5.74) is 1.40. The molecule has 9 nitrogen and oxygen atoms in total. The molecule has 2 aliphatic rings. The van der Waals surface area contributed by atoms with Crippen LogP contribution < -0.4 is 14.8 Å². The van der Waals surface area contributed by atoms with Crippen molar-refractivity contribution in [3.05, 3.63) is 59.7 Å². The first-order valence-electron chi connectivity index (χ1n) is 11.2. The molecule has 1 saturated heterocycles. The molecule has 2 aromatic carbocycles. The zero-order chi connectivity index (χ0) is 24.1. The summed E-state index contributed by atoms with van der Waals surface area (Å²) < 4.78 is 34.4. The molecule has 4 rings (SSSR count). The van der Waals surface area contributed by atoms with E-state index < -0.39 is 24.1 Å². The number of aliphatic hydroxyl groups excluding tert-OH is 1. The number of amides is 1. The second-order valence-corrected chi connectivity index (χ2v) is 8.65. The van der Waals surface area contributed by atoms with Crippen LogP contribution in [0.5, 0.6) is 11.5 Å². The van der Waals surface area contributed by atoms with Gasteiger partial charge >= 0.3 is 0 Å². The van der Waals surface area contributed by atoms with Crippen molar-refractivity contribution in [1.29, 1.82) is 0 Å². The summed E-state index contributed by atoms with van der Waals surface area (Å²) in [5, 5.41) is 13.0. The number of carbonyl (C=O) groups excluding carboxylic acids is 1. The van der Waals surface area contributed by atoms with E-state index in [0.29, 0.717) is 17.1 Å². The van der Waals surface area contributed by atoms with Gasteiger partial charge in [-0.2, -0.15) is 0 Å². The first-order valence-corrected chi connectivity index (χ1v) is 11.2. The van der Waals surface area contributed by atoms with E-state index in [1.165, 1.54) is 7.11 Å². The molecule has 0 bridgehead atoms. The average molecular weight is 474 g/mol. The highest BCUT2D eigenvalue weighted by atomic mass is 16.8. The number of aliphatic hydroxyl groups is 1. The van der Waals surface area contributed by atoms with E-state index in [4.69, 9.17) is 28.4 Å². The molecule has 2 aliphatic heterocycles. The predicted molar refractivity (Wildman–Crippen MR) is 122 cm³/mol. The van der Waals surface area contributed by atoms with Crippen LogP contribution in [0.15, 0.2) is 48.5 Å². The van der Waals surface area contributed by atoms with Gasteiger partial charge in [0.15, 0.2) is 17.3 Å². The van der Waals surface area contributed by atoms with E-state index in [9.17, 15) is 9.90 Å². The van der Waals surface area contributed by atoms with Gasteiger partial charge < -0.3 is 38.8 Å². The number of carbonyl (C=O) groups is 1. The van der Waals surface area contributed by atoms with Crippen LogP contribution >= 0.6 is 0 Å². The predicted octanol–water partition coefficient (Wildman–Crippen LogP) is 2.43. The fourth-order valence-electron chi connectivity index (χ4n) is 4.33. The number of methoxy groups -OCH3 is 1. The van der Waals surface area contributed by atoms with Crippen molar-refractivity contribution in [2.24, 2.45) is 0 Å². The zero-order valence-electron chi connectivity index (χ0n) is 19.6. The second-order valence-electron chi connectivity index (χ2n) is 8.65. The number of hydrogen-bond acceptors (Lipinski definition) is 8. The Kier molecular flexibility index (Phi) is 7.70. The van der Waals surface area contributed by atoms with Crippen LogP contribution in [0, 0.1) is 0 Å². The lowest BCUT2D eigenvalue weighted by molar-refractivity contribution is -0.173. The van der Waals surface area contributed by atoms with Crippen LogP contribution in [-0.2, 0) is 18.9 Å². The number of benzene rings is 2. The summed E-state index contributed by atoms with van der Waals surface area (Å²) in [4.78, 5) is 12.8. The number of hydrogen-bond donors (Lipinski definition) is 2. The summed E-state index contributed by atoms with van der Waals surface area (Å²) >= 11 is 0. The van der Waals surface area contributed by atoms with Crippen LogP contribution in [0.4, 0.5) is 0 Å². The van der Waals surface area contributed by atoms with E-state index >= 15 is 0 Å². The smallest absolute Gasteiger partial charge is 0.251 e. The molecule has 184 valence electrons. The summed E-state index contributed by atoms with van der Waals surface area (Å²) in [7, 11) is 1.53. The van der Waals surface area contributed by atoms with Gasteiger partial charge in [0.25, 0.3) is 5.91 Å². The topological polar surface area (TPSA) is 105 Å². The van der Waals surface area contributed by atoms with Crippen molar-refractivity contribution in [2.45, 2.75) is 43.9 Å². The summed E-state index contributed by atoms with van der Waals surface area (Å²) in [6.45, 7) is 3.71. The highest BCUT2D eigenvalue weighted by Gasteiger charge is 2.48. The van der Waals surface area contributed by atoms with Crippen LogP contribution in [0.25, 0.3) is 0 Å². The molecule has 2 aromatic rings. The maximum Gasteiger partial charge on any atom is 0.251 e. The lowest BCUT2D eigenvalue weighted by atomic mass is 9.87. The lowest BCUT2D eigenvalue weighted by Crippen LogP contribution is -2.46. The normalized spacial score (nSPS) is 22.4. The largest absolute Gasteiger partial charge is 0.454 e. The van der Waals surface area contributed by atoms with Gasteiger partial charge in [0, 0.05) is 25.1 Å². The maximum atomic E-state index is 12.8. The Morgan fingerprint density at radius 2 is 1.91 bits per heavy atom. The van der Waals surface area contributed by atoms with Gasteiger partial charge in [0.1, 0.15) is 19.0 Å². The van der Waals surface area contributed by atoms with Crippen molar-refractivity contribution in [1.82, 2.24) is 5.32 Å². The quantitative estimate of drug-likeness (QED) is 0.507. The molecule has 0 aliphatic carbocycles. The molecular formula is C25H31NO8. The van der Waals surface area contributed by atoms with E-state index in [-0.39, 0.29) is 38.6 Å². The van der Waals surface area contributed by atoms with Crippen LogP contribution in [0.1, 0.15) is 35.7 Å². The summed E-state index contributed by atoms with van der Waals surface area (Å²) in [5.74, 6) is -0.224. The third-order valence-corrected chi connectivity index (χ3v) is 5.84. The van der Waals surface area contributed by atoms with Gasteiger partial charge in [-0.15, -0.1) is 0 Å². The Balaban J connectivity index is 1.65. The maximum absolute atomic E-state index is 12.8. The number of ether oxygens (including phenoxy) is 6. The van der Waals surface area contributed by atoms with Crippen LogP contribution in [-0.4, -0.2) is 69.0 Å². The van der Waals surface area contributed by atoms with Gasteiger partial charge in [0.05, 0.1) is 12.7 Å². The molecule has 1 fully saturated rings. The molecule has 1 amide bonds. The zero-order valence-corrected chi connectivity index (χ0v) is 19.6. The number of rotatable bonds is 10.